The molecule has 7 heteroatoms. The second-order valence-corrected chi connectivity index (χ2v) is 5.47. The van der Waals surface area contributed by atoms with Crippen molar-refractivity contribution in [3.63, 3.8) is 0 Å². The summed E-state index contributed by atoms with van der Waals surface area (Å²) in [5.74, 6) is 1.05. The topological polar surface area (TPSA) is 82.0 Å². The number of amides is 1. The molecule has 27 heavy (non-hydrogen) atoms. The normalized spacial score (nSPS) is 11.0. The average Bonchev–Trinajstić information content (AvgIpc) is 2.69. The number of rotatable bonds is 9. The van der Waals surface area contributed by atoms with Crippen LogP contribution in [0.4, 0.5) is 0 Å². The highest BCUT2D eigenvalue weighted by atomic mass is 16.5. The van der Waals surface area contributed by atoms with Crippen molar-refractivity contribution < 1.29 is 19.0 Å². The van der Waals surface area contributed by atoms with Crippen molar-refractivity contribution in [2.45, 2.75) is 27.7 Å². The van der Waals surface area contributed by atoms with Crippen LogP contribution in [-0.4, -0.2) is 36.4 Å². The van der Waals surface area contributed by atoms with E-state index in [0.29, 0.717) is 48.3 Å². The van der Waals surface area contributed by atoms with Gasteiger partial charge in [0, 0.05) is 23.5 Å². The van der Waals surface area contributed by atoms with E-state index in [4.69, 9.17) is 14.2 Å². The van der Waals surface area contributed by atoms with Crippen molar-refractivity contribution in [1.29, 1.82) is 0 Å². The van der Waals surface area contributed by atoms with Crippen LogP contribution >= 0.6 is 0 Å². The molecule has 1 aromatic heterocycles. The molecular weight excluding hydrogens is 346 g/mol. The molecule has 1 amide bonds. The fourth-order valence-corrected chi connectivity index (χ4v) is 2.38. The number of nitrogens with zero attached hydrogens (tertiary/aromatic N) is 2. The molecule has 1 N–H and O–H groups in total. The molecule has 2 aromatic rings. The SMILES string of the molecule is CCOc1cc(C(=O)NN=C(C)c2ccncc2)cc(OCC)c1OCC. The van der Waals surface area contributed by atoms with Crippen LogP contribution in [0.3, 0.4) is 0 Å². The largest absolute Gasteiger partial charge is 0.490 e. The number of hydrogen-bond acceptors (Lipinski definition) is 6. The maximum atomic E-state index is 12.6. The van der Waals surface area contributed by atoms with E-state index in [0.717, 1.165) is 5.56 Å². The quantitative estimate of drug-likeness (QED) is 0.539. The summed E-state index contributed by atoms with van der Waals surface area (Å²) in [5, 5.41) is 4.16. The van der Waals surface area contributed by atoms with Crippen molar-refractivity contribution in [2.24, 2.45) is 5.10 Å². The Bertz CT molecular complexity index is 764. The third kappa shape index (κ3) is 5.44. The Balaban J connectivity index is 2.29. The number of hydrazone groups is 1. The van der Waals surface area contributed by atoms with Crippen LogP contribution in [0, 0.1) is 0 Å². The molecule has 0 saturated heterocycles. The van der Waals surface area contributed by atoms with E-state index in [-0.39, 0.29) is 5.91 Å². The molecule has 0 atom stereocenters. The predicted octanol–water partition coefficient (Wildman–Crippen LogP) is 3.43. The number of aromatic nitrogens is 1. The van der Waals surface area contributed by atoms with Gasteiger partial charge in [0.1, 0.15) is 0 Å². The van der Waals surface area contributed by atoms with Crippen LogP contribution < -0.4 is 19.6 Å². The van der Waals surface area contributed by atoms with Gasteiger partial charge in [-0.2, -0.15) is 5.10 Å². The average molecular weight is 371 g/mol. The summed E-state index contributed by atoms with van der Waals surface area (Å²) in [6.07, 6.45) is 3.34. The van der Waals surface area contributed by atoms with E-state index in [1.807, 2.05) is 39.8 Å². The first-order valence-corrected chi connectivity index (χ1v) is 8.92. The maximum Gasteiger partial charge on any atom is 0.271 e. The van der Waals surface area contributed by atoms with Crippen LogP contribution in [0.15, 0.2) is 41.8 Å². The summed E-state index contributed by atoms with van der Waals surface area (Å²) in [6.45, 7) is 8.76. The summed E-state index contributed by atoms with van der Waals surface area (Å²) < 4.78 is 16.9. The Kier molecular flexibility index (Phi) is 7.61. The fraction of sp³-hybridized carbons (Fsp3) is 0.350. The molecule has 0 spiro atoms. The van der Waals surface area contributed by atoms with Gasteiger partial charge in [-0.25, -0.2) is 5.43 Å². The van der Waals surface area contributed by atoms with Gasteiger partial charge >= 0.3 is 0 Å². The van der Waals surface area contributed by atoms with Gasteiger partial charge in [-0.15, -0.1) is 0 Å². The summed E-state index contributed by atoms with van der Waals surface area (Å²) in [6, 6.07) is 6.90. The van der Waals surface area contributed by atoms with Crippen LogP contribution in [0.25, 0.3) is 0 Å². The Hall–Kier alpha value is -3.09. The molecule has 0 aliphatic carbocycles. The minimum absolute atomic E-state index is 0.367. The first-order valence-electron chi connectivity index (χ1n) is 8.92. The van der Waals surface area contributed by atoms with Gasteiger partial charge in [0.15, 0.2) is 11.5 Å². The molecule has 1 aromatic carbocycles. The molecule has 0 saturated carbocycles. The Morgan fingerprint density at radius 3 is 2.04 bits per heavy atom. The first kappa shape index (κ1) is 20.2. The smallest absolute Gasteiger partial charge is 0.271 e. The molecule has 0 aliphatic heterocycles. The number of hydrogen-bond donors (Lipinski definition) is 1. The Morgan fingerprint density at radius 1 is 0.963 bits per heavy atom. The van der Waals surface area contributed by atoms with Crippen LogP contribution in [0.5, 0.6) is 17.2 Å². The van der Waals surface area contributed by atoms with Gasteiger partial charge in [0.25, 0.3) is 5.91 Å². The lowest BCUT2D eigenvalue weighted by Gasteiger charge is -2.16. The van der Waals surface area contributed by atoms with E-state index >= 15 is 0 Å². The molecule has 144 valence electrons. The second-order valence-electron chi connectivity index (χ2n) is 5.47. The maximum absolute atomic E-state index is 12.6. The molecule has 7 nitrogen and oxygen atoms in total. The van der Waals surface area contributed by atoms with Gasteiger partial charge in [0.05, 0.1) is 25.5 Å². The first-order chi connectivity index (χ1) is 13.1. The zero-order valence-corrected chi connectivity index (χ0v) is 16.1. The highest BCUT2D eigenvalue weighted by molar-refractivity contribution is 6.01. The Morgan fingerprint density at radius 2 is 1.52 bits per heavy atom. The van der Waals surface area contributed by atoms with Gasteiger partial charge in [-0.1, -0.05) is 0 Å². The van der Waals surface area contributed by atoms with Crippen molar-refractivity contribution in [3.8, 4) is 17.2 Å². The van der Waals surface area contributed by atoms with E-state index < -0.39 is 0 Å². The van der Waals surface area contributed by atoms with Crippen LogP contribution in [0.2, 0.25) is 0 Å². The zero-order chi connectivity index (χ0) is 19.6. The highest BCUT2D eigenvalue weighted by Gasteiger charge is 2.18. The van der Waals surface area contributed by atoms with Gasteiger partial charge in [0.2, 0.25) is 5.75 Å². The Labute approximate surface area is 159 Å². The van der Waals surface area contributed by atoms with E-state index in [1.54, 1.807) is 24.5 Å². The van der Waals surface area contributed by atoms with E-state index in [2.05, 4.69) is 15.5 Å². The second kappa shape index (κ2) is 10.2. The number of ether oxygens (including phenoxy) is 3. The number of benzene rings is 1. The van der Waals surface area contributed by atoms with Crippen LogP contribution in [-0.2, 0) is 0 Å². The highest BCUT2D eigenvalue weighted by Crippen LogP contribution is 2.39. The minimum atomic E-state index is -0.367. The lowest BCUT2D eigenvalue weighted by Crippen LogP contribution is -2.20. The monoisotopic (exact) mass is 371 g/mol. The molecule has 0 unspecified atom stereocenters. The van der Waals surface area contributed by atoms with Gasteiger partial charge in [-0.05, 0) is 52.0 Å². The third-order valence-electron chi connectivity index (χ3n) is 3.59. The molecule has 2 rings (SSSR count). The number of carbonyl (C=O) groups is 1. The predicted molar refractivity (Wildman–Crippen MR) is 104 cm³/mol. The van der Waals surface area contributed by atoms with Crippen LogP contribution in [0.1, 0.15) is 43.6 Å². The van der Waals surface area contributed by atoms with Crippen molar-refractivity contribution in [3.05, 3.63) is 47.8 Å². The summed E-state index contributed by atoms with van der Waals surface area (Å²) >= 11 is 0. The van der Waals surface area contributed by atoms with E-state index in [9.17, 15) is 4.79 Å². The fourth-order valence-electron chi connectivity index (χ4n) is 2.38. The van der Waals surface area contributed by atoms with Crippen molar-refractivity contribution in [1.82, 2.24) is 10.4 Å². The molecule has 0 fully saturated rings. The van der Waals surface area contributed by atoms with Crippen molar-refractivity contribution in [2.75, 3.05) is 19.8 Å². The standard InChI is InChI=1S/C20H25N3O4/c1-5-25-17-12-16(13-18(26-6-2)19(17)27-7-3)20(24)23-22-14(4)15-8-10-21-11-9-15/h8-13H,5-7H2,1-4H3,(H,23,24). The third-order valence-corrected chi connectivity index (χ3v) is 3.59. The number of carbonyl (C=O) groups excluding carboxylic acids is 1. The molecule has 1 heterocycles. The molecule has 0 bridgehead atoms. The number of pyridine rings is 1. The van der Waals surface area contributed by atoms with Gasteiger partial charge < -0.3 is 14.2 Å². The van der Waals surface area contributed by atoms with Gasteiger partial charge in [-0.3, -0.25) is 9.78 Å². The lowest BCUT2D eigenvalue weighted by atomic mass is 10.1. The summed E-state index contributed by atoms with van der Waals surface area (Å²) in [5.41, 5.74) is 4.49. The zero-order valence-electron chi connectivity index (χ0n) is 16.1. The molecule has 0 aliphatic rings. The van der Waals surface area contributed by atoms with Crippen molar-refractivity contribution >= 4 is 11.6 Å². The number of nitrogens with one attached hydrogen (secondary N) is 1. The molecule has 0 radical (unpaired) electrons. The summed E-state index contributed by atoms with van der Waals surface area (Å²) in [7, 11) is 0. The molecular formula is C20H25N3O4. The van der Waals surface area contributed by atoms with E-state index in [1.165, 1.54) is 0 Å². The lowest BCUT2D eigenvalue weighted by molar-refractivity contribution is 0.0953. The minimum Gasteiger partial charge on any atom is -0.490 e. The summed E-state index contributed by atoms with van der Waals surface area (Å²) in [4.78, 5) is 16.5.